The molecular weight excluding hydrogens is 196 g/mol. The van der Waals surface area contributed by atoms with Crippen molar-refractivity contribution >= 4 is 30.1 Å². The normalized spacial score (nSPS) is 9.33. The SMILES string of the molecule is C=NC(=O)c1ccnc(N)c1N=C(N)N. The van der Waals surface area contributed by atoms with Gasteiger partial charge >= 0.3 is 0 Å². The van der Waals surface area contributed by atoms with Gasteiger partial charge in [0.1, 0.15) is 11.5 Å². The molecule has 0 saturated heterocycles. The zero-order valence-electron chi connectivity index (χ0n) is 7.84. The minimum absolute atomic E-state index is 0.0536. The van der Waals surface area contributed by atoms with Gasteiger partial charge in [-0.2, -0.15) is 0 Å². The molecule has 1 aromatic heterocycles. The lowest BCUT2D eigenvalue weighted by Crippen LogP contribution is -2.22. The van der Waals surface area contributed by atoms with E-state index in [1.165, 1.54) is 12.3 Å². The Hall–Kier alpha value is -2.44. The summed E-state index contributed by atoms with van der Waals surface area (Å²) in [5, 5.41) is 0. The van der Waals surface area contributed by atoms with E-state index in [-0.39, 0.29) is 23.0 Å². The number of anilines is 1. The average Bonchev–Trinajstić information content (AvgIpc) is 2.19. The van der Waals surface area contributed by atoms with Crippen LogP contribution in [0, 0.1) is 0 Å². The summed E-state index contributed by atoms with van der Waals surface area (Å²) in [4.78, 5) is 22.0. The number of amides is 1. The van der Waals surface area contributed by atoms with Crippen LogP contribution >= 0.6 is 0 Å². The molecule has 1 rings (SSSR count). The monoisotopic (exact) mass is 206 g/mol. The van der Waals surface area contributed by atoms with Crippen molar-refractivity contribution in [3.8, 4) is 0 Å². The maximum absolute atomic E-state index is 11.3. The molecule has 0 aliphatic carbocycles. The predicted octanol–water partition coefficient (Wildman–Crippen LogP) is -0.591. The summed E-state index contributed by atoms with van der Waals surface area (Å²) < 4.78 is 0. The van der Waals surface area contributed by atoms with Gasteiger partial charge in [-0.3, -0.25) is 4.79 Å². The molecule has 1 amide bonds. The second-order valence-corrected chi connectivity index (χ2v) is 2.59. The summed E-state index contributed by atoms with van der Waals surface area (Å²) in [7, 11) is 0. The molecule has 0 fully saturated rings. The molecule has 0 unspecified atom stereocenters. The van der Waals surface area contributed by atoms with Gasteiger partial charge < -0.3 is 17.2 Å². The van der Waals surface area contributed by atoms with Gasteiger partial charge in [0, 0.05) is 6.20 Å². The van der Waals surface area contributed by atoms with Gasteiger partial charge in [0.05, 0.1) is 5.56 Å². The van der Waals surface area contributed by atoms with Crippen LogP contribution in [0.3, 0.4) is 0 Å². The van der Waals surface area contributed by atoms with Crippen molar-refractivity contribution in [2.45, 2.75) is 0 Å². The lowest BCUT2D eigenvalue weighted by atomic mass is 10.2. The minimum atomic E-state index is -0.566. The number of hydrogen-bond acceptors (Lipinski definition) is 4. The van der Waals surface area contributed by atoms with Gasteiger partial charge in [0.25, 0.3) is 5.91 Å². The number of carbonyl (C=O) groups excluding carboxylic acids is 1. The Morgan fingerprint density at radius 1 is 1.47 bits per heavy atom. The zero-order valence-corrected chi connectivity index (χ0v) is 7.84. The van der Waals surface area contributed by atoms with Crippen LogP contribution in [-0.4, -0.2) is 23.6 Å². The van der Waals surface area contributed by atoms with Gasteiger partial charge in [-0.25, -0.2) is 15.0 Å². The highest BCUT2D eigenvalue weighted by molar-refractivity contribution is 6.03. The van der Waals surface area contributed by atoms with Gasteiger partial charge in [-0.05, 0) is 12.8 Å². The molecule has 1 aromatic rings. The molecule has 0 atom stereocenters. The molecule has 78 valence electrons. The Kier molecular flexibility index (Phi) is 2.97. The van der Waals surface area contributed by atoms with Gasteiger partial charge in [-0.1, -0.05) is 0 Å². The lowest BCUT2D eigenvalue weighted by molar-refractivity contribution is 0.100. The Morgan fingerprint density at radius 3 is 2.67 bits per heavy atom. The van der Waals surface area contributed by atoms with Gasteiger partial charge in [0.2, 0.25) is 0 Å². The van der Waals surface area contributed by atoms with Crippen molar-refractivity contribution in [3.63, 3.8) is 0 Å². The van der Waals surface area contributed by atoms with Crippen LogP contribution in [-0.2, 0) is 0 Å². The fourth-order valence-corrected chi connectivity index (χ4v) is 0.975. The second kappa shape index (κ2) is 4.18. The van der Waals surface area contributed by atoms with Crippen LogP contribution in [0.1, 0.15) is 10.4 Å². The molecule has 7 nitrogen and oxygen atoms in total. The zero-order chi connectivity index (χ0) is 11.4. The molecule has 0 bridgehead atoms. The molecule has 6 N–H and O–H groups in total. The highest BCUT2D eigenvalue weighted by Gasteiger charge is 2.12. The molecule has 15 heavy (non-hydrogen) atoms. The van der Waals surface area contributed by atoms with E-state index in [1.807, 2.05) is 0 Å². The van der Waals surface area contributed by atoms with E-state index in [4.69, 9.17) is 17.2 Å². The first-order valence-electron chi connectivity index (χ1n) is 3.91. The Bertz CT molecular complexity index is 435. The third kappa shape index (κ3) is 2.27. The molecule has 0 spiro atoms. The predicted molar refractivity (Wildman–Crippen MR) is 58.0 cm³/mol. The Labute approximate surface area is 85.7 Å². The molecule has 7 heteroatoms. The van der Waals surface area contributed by atoms with Crippen molar-refractivity contribution in [2.24, 2.45) is 21.5 Å². The number of pyridine rings is 1. The van der Waals surface area contributed by atoms with Crippen molar-refractivity contribution < 1.29 is 4.79 Å². The smallest absolute Gasteiger partial charge is 0.278 e. The van der Waals surface area contributed by atoms with Crippen molar-refractivity contribution in [2.75, 3.05) is 5.73 Å². The quantitative estimate of drug-likeness (QED) is 0.439. The molecule has 1 heterocycles. The highest BCUT2D eigenvalue weighted by Crippen LogP contribution is 2.24. The fraction of sp³-hybridized carbons (Fsp3) is 0. The van der Waals surface area contributed by atoms with Crippen LogP contribution in [0.25, 0.3) is 0 Å². The number of nitrogens with zero attached hydrogens (tertiary/aromatic N) is 3. The first kappa shape index (κ1) is 10.6. The second-order valence-electron chi connectivity index (χ2n) is 2.59. The van der Waals surface area contributed by atoms with E-state index in [0.717, 1.165) is 0 Å². The van der Waals surface area contributed by atoms with Gasteiger partial charge in [-0.15, -0.1) is 0 Å². The molecule has 0 saturated carbocycles. The summed E-state index contributed by atoms with van der Waals surface area (Å²) in [6.45, 7) is 3.12. The van der Waals surface area contributed by atoms with Crippen molar-refractivity contribution in [1.29, 1.82) is 0 Å². The third-order valence-corrected chi connectivity index (χ3v) is 1.57. The number of rotatable bonds is 2. The number of nitrogen functional groups attached to an aromatic ring is 1. The van der Waals surface area contributed by atoms with E-state index in [2.05, 4.69) is 21.7 Å². The summed E-state index contributed by atoms with van der Waals surface area (Å²) in [6, 6.07) is 1.41. The number of carbonyl (C=O) groups is 1. The maximum Gasteiger partial charge on any atom is 0.278 e. The van der Waals surface area contributed by atoms with E-state index < -0.39 is 5.91 Å². The van der Waals surface area contributed by atoms with Crippen LogP contribution in [0.5, 0.6) is 0 Å². The first-order valence-corrected chi connectivity index (χ1v) is 3.91. The largest absolute Gasteiger partial charge is 0.382 e. The standard InChI is InChI=1S/C8H10N6O/c1-12-7(15)4-2-3-13-6(9)5(4)14-8(10)11/h2-3H,1H2,(H2,9,13)(H4,10,11,14). The van der Waals surface area contributed by atoms with E-state index in [0.29, 0.717) is 0 Å². The summed E-state index contributed by atoms with van der Waals surface area (Å²) in [5.74, 6) is -0.727. The number of aliphatic imine (C=N–C) groups is 2. The van der Waals surface area contributed by atoms with Crippen LogP contribution in [0.15, 0.2) is 22.2 Å². The van der Waals surface area contributed by atoms with Crippen molar-refractivity contribution in [3.05, 3.63) is 17.8 Å². The molecule has 0 aliphatic heterocycles. The fourth-order valence-electron chi connectivity index (χ4n) is 0.975. The average molecular weight is 206 g/mol. The number of nitrogens with two attached hydrogens (primary N) is 3. The highest BCUT2D eigenvalue weighted by atomic mass is 16.1. The van der Waals surface area contributed by atoms with Gasteiger partial charge in [0.15, 0.2) is 5.96 Å². The molecule has 0 radical (unpaired) electrons. The topological polar surface area (TPSA) is 133 Å². The van der Waals surface area contributed by atoms with E-state index in [9.17, 15) is 4.79 Å². The number of aromatic nitrogens is 1. The molecule has 0 aromatic carbocycles. The molecular formula is C8H10N6O. The van der Waals surface area contributed by atoms with Crippen LogP contribution in [0.2, 0.25) is 0 Å². The maximum atomic E-state index is 11.3. The van der Waals surface area contributed by atoms with Crippen LogP contribution < -0.4 is 17.2 Å². The minimum Gasteiger partial charge on any atom is -0.382 e. The lowest BCUT2D eigenvalue weighted by Gasteiger charge is -2.03. The summed E-state index contributed by atoms with van der Waals surface area (Å²) in [5.41, 5.74) is 16.2. The summed E-state index contributed by atoms with van der Waals surface area (Å²) in [6.07, 6.45) is 1.36. The van der Waals surface area contributed by atoms with E-state index >= 15 is 0 Å². The van der Waals surface area contributed by atoms with Crippen molar-refractivity contribution in [1.82, 2.24) is 4.98 Å². The Balaban J connectivity index is 3.39. The third-order valence-electron chi connectivity index (χ3n) is 1.57. The Morgan fingerprint density at radius 2 is 2.13 bits per heavy atom. The number of hydrogen-bond donors (Lipinski definition) is 3. The van der Waals surface area contributed by atoms with E-state index in [1.54, 1.807) is 0 Å². The molecule has 0 aliphatic rings. The van der Waals surface area contributed by atoms with Crippen LogP contribution in [0.4, 0.5) is 11.5 Å². The number of guanidine groups is 1. The first-order chi connectivity index (χ1) is 7.06. The summed E-state index contributed by atoms with van der Waals surface area (Å²) >= 11 is 0.